The van der Waals surface area contributed by atoms with Gasteiger partial charge in [0.15, 0.2) is 0 Å². The number of hydrogen-bond donors (Lipinski definition) is 1. The molecule has 0 atom stereocenters. The smallest absolute Gasteiger partial charge is 0.261 e. The van der Waals surface area contributed by atoms with Crippen LogP contribution in [-0.4, -0.2) is 27.5 Å². The molecule has 0 saturated carbocycles. The van der Waals surface area contributed by atoms with Crippen molar-refractivity contribution >= 4 is 25.6 Å². The van der Waals surface area contributed by atoms with Gasteiger partial charge in [-0.2, -0.15) is 0 Å². The standard InChI is InChI=1S/C13H18ClNO4S/c1-4-15-13(16)5-6-19-11-7-10(3)12(8-9(11)2)20(14,17)18/h7-8H,4-6H2,1-3H3,(H,15,16). The first-order chi connectivity index (χ1) is 9.25. The fourth-order valence-corrected chi connectivity index (χ4v) is 2.98. The highest BCUT2D eigenvalue weighted by Gasteiger charge is 2.16. The summed E-state index contributed by atoms with van der Waals surface area (Å²) in [6.07, 6.45) is 0.252. The van der Waals surface area contributed by atoms with E-state index in [-0.39, 0.29) is 23.8 Å². The van der Waals surface area contributed by atoms with Gasteiger partial charge < -0.3 is 10.1 Å². The molecule has 1 N–H and O–H groups in total. The van der Waals surface area contributed by atoms with Crippen molar-refractivity contribution in [3.05, 3.63) is 23.3 Å². The van der Waals surface area contributed by atoms with Crippen molar-refractivity contribution < 1.29 is 17.9 Å². The van der Waals surface area contributed by atoms with Gasteiger partial charge in [-0.1, -0.05) is 0 Å². The van der Waals surface area contributed by atoms with Crippen molar-refractivity contribution in [3.8, 4) is 5.75 Å². The van der Waals surface area contributed by atoms with Crippen LogP contribution in [0.5, 0.6) is 5.75 Å². The Morgan fingerprint density at radius 1 is 1.30 bits per heavy atom. The largest absolute Gasteiger partial charge is 0.493 e. The number of rotatable bonds is 6. The average molecular weight is 320 g/mol. The normalized spacial score (nSPS) is 11.2. The maximum absolute atomic E-state index is 11.4. The lowest BCUT2D eigenvalue weighted by Gasteiger charge is -2.12. The summed E-state index contributed by atoms with van der Waals surface area (Å²) < 4.78 is 28.2. The van der Waals surface area contributed by atoms with Gasteiger partial charge in [0.1, 0.15) is 5.75 Å². The van der Waals surface area contributed by atoms with E-state index in [1.54, 1.807) is 19.9 Å². The predicted molar refractivity (Wildman–Crippen MR) is 77.8 cm³/mol. The lowest BCUT2D eigenvalue weighted by Crippen LogP contribution is -2.24. The Bertz CT molecular complexity index is 599. The molecule has 1 rings (SSSR count). The topological polar surface area (TPSA) is 72.5 Å². The molecular weight excluding hydrogens is 302 g/mol. The van der Waals surface area contributed by atoms with Crippen LogP contribution in [0.15, 0.2) is 17.0 Å². The van der Waals surface area contributed by atoms with Crippen molar-refractivity contribution in [2.45, 2.75) is 32.1 Å². The molecule has 0 bridgehead atoms. The Morgan fingerprint density at radius 2 is 1.95 bits per heavy atom. The molecule has 1 aromatic rings. The Labute approximate surface area is 123 Å². The minimum atomic E-state index is -3.76. The van der Waals surface area contributed by atoms with Crippen LogP contribution >= 0.6 is 10.7 Å². The number of carbonyl (C=O) groups excluding carboxylic acids is 1. The molecule has 0 aliphatic rings. The molecule has 20 heavy (non-hydrogen) atoms. The Balaban J connectivity index is 2.79. The summed E-state index contributed by atoms with van der Waals surface area (Å²) in [6.45, 7) is 6.04. The average Bonchev–Trinajstić information content (AvgIpc) is 2.32. The van der Waals surface area contributed by atoms with Crippen LogP contribution in [0.4, 0.5) is 0 Å². The highest BCUT2D eigenvalue weighted by atomic mass is 35.7. The first-order valence-corrected chi connectivity index (χ1v) is 8.52. The van der Waals surface area contributed by atoms with Gasteiger partial charge in [-0.05, 0) is 44.0 Å². The molecule has 0 heterocycles. The summed E-state index contributed by atoms with van der Waals surface area (Å²) in [4.78, 5) is 11.4. The number of benzene rings is 1. The van der Waals surface area contributed by atoms with Crippen LogP contribution in [0.3, 0.4) is 0 Å². The first-order valence-electron chi connectivity index (χ1n) is 6.21. The molecular formula is C13H18ClNO4S. The SMILES string of the molecule is CCNC(=O)CCOc1cc(C)c(S(=O)(=O)Cl)cc1C. The molecule has 0 aliphatic carbocycles. The van der Waals surface area contributed by atoms with Gasteiger partial charge in [0.25, 0.3) is 9.05 Å². The van der Waals surface area contributed by atoms with Gasteiger partial charge in [-0.3, -0.25) is 4.79 Å². The third-order valence-corrected chi connectivity index (χ3v) is 4.16. The van der Waals surface area contributed by atoms with E-state index in [4.69, 9.17) is 15.4 Å². The van der Waals surface area contributed by atoms with Gasteiger partial charge >= 0.3 is 0 Å². The zero-order valence-corrected chi connectivity index (χ0v) is 13.3. The fraction of sp³-hybridized carbons (Fsp3) is 0.462. The number of ether oxygens (including phenoxy) is 1. The second-order valence-corrected chi connectivity index (χ2v) is 6.91. The van der Waals surface area contributed by atoms with Crippen molar-refractivity contribution in [2.24, 2.45) is 0 Å². The van der Waals surface area contributed by atoms with Crippen LogP contribution in [0, 0.1) is 13.8 Å². The highest BCUT2D eigenvalue weighted by Crippen LogP contribution is 2.27. The molecule has 5 nitrogen and oxygen atoms in total. The second kappa shape index (κ2) is 6.95. The van der Waals surface area contributed by atoms with Gasteiger partial charge in [-0.25, -0.2) is 8.42 Å². The fourth-order valence-electron chi connectivity index (χ4n) is 1.72. The number of amides is 1. The molecule has 1 aromatic carbocycles. The maximum Gasteiger partial charge on any atom is 0.261 e. The highest BCUT2D eigenvalue weighted by molar-refractivity contribution is 8.13. The summed E-state index contributed by atoms with van der Waals surface area (Å²) in [7, 11) is 1.59. The van der Waals surface area contributed by atoms with Crippen LogP contribution in [0.1, 0.15) is 24.5 Å². The minimum absolute atomic E-state index is 0.0766. The monoisotopic (exact) mass is 319 g/mol. The Morgan fingerprint density at radius 3 is 2.50 bits per heavy atom. The van der Waals surface area contributed by atoms with E-state index >= 15 is 0 Å². The van der Waals surface area contributed by atoms with E-state index < -0.39 is 9.05 Å². The van der Waals surface area contributed by atoms with E-state index in [1.165, 1.54) is 6.07 Å². The zero-order chi connectivity index (χ0) is 15.3. The zero-order valence-electron chi connectivity index (χ0n) is 11.7. The Hall–Kier alpha value is -1.27. The van der Waals surface area contributed by atoms with E-state index in [2.05, 4.69) is 5.32 Å². The second-order valence-electron chi connectivity index (χ2n) is 4.37. The van der Waals surface area contributed by atoms with Gasteiger partial charge in [-0.15, -0.1) is 0 Å². The molecule has 0 spiro atoms. The van der Waals surface area contributed by atoms with Crippen molar-refractivity contribution in [1.29, 1.82) is 0 Å². The van der Waals surface area contributed by atoms with Crippen LogP contribution in [0.25, 0.3) is 0 Å². The van der Waals surface area contributed by atoms with E-state index in [0.717, 1.165) is 0 Å². The predicted octanol–water partition coefficient (Wildman–Crippen LogP) is 2.14. The molecule has 0 aliphatic heterocycles. The summed E-state index contributed by atoms with van der Waals surface area (Å²) in [6, 6.07) is 3.08. The Kier molecular flexibility index (Phi) is 5.83. The van der Waals surface area contributed by atoms with Gasteiger partial charge in [0, 0.05) is 17.2 Å². The third-order valence-electron chi connectivity index (χ3n) is 2.70. The van der Waals surface area contributed by atoms with Gasteiger partial charge in [0.2, 0.25) is 5.91 Å². The molecule has 0 fully saturated rings. The molecule has 0 aromatic heterocycles. The molecule has 112 valence electrons. The van der Waals surface area contributed by atoms with Gasteiger partial charge in [0.05, 0.1) is 17.9 Å². The quantitative estimate of drug-likeness (QED) is 0.815. The number of halogens is 1. The molecule has 1 amide bonds. The van der Waals surface area contributed by atoms with E-state index in [1.807, 2.05) is 6.92 Å². The number of hydrogen-bond acceptors (Lipinski definition) is 4. The lowest BCUT2D eigenvalue weighted by atomic mass is 10.1. The molecule has 0 radical (unpaired) electrons. The van der Waals surface area contributed by atoms with Crippen LogP contribution < -0.4 is 10.1 Å². The van der Waals surface area contributed by atoms with Crippen molar-refractivity contribution in [1.82, 2.24) is 5.32 Å². The number of carbonyl (C=O) groups is 1. The summed E-state index contributed by atoms with van der Waals surface area (Å²) in [5, 5.41) is 2.67. The molecule has 0 saturated heterocycles. The van der Waals surface area contributed by atoms with E-state index in [9.17, 15) is 13.2 Å². The van der Waals surface area contributed by atoms with Crippen LogP contribution in [-0.2, 0) is 13.8 Å². The first kappa shape index (κ1) is 16.8. The van der Waals surface area contributed by atoms with Crippen molar-refractivity contribution in [2.75, 3.05) is 13.2 Å². The minimum Gasteiger partial charge on any atom is -0.493 e. The third kappa shape index (κ3) is 4.68. The molecule has 0 unspecified atom stereocenters. The number of aryl methyl sites for hydroxylation is 2. The summed E-state index contributed by atoms with van der Waals surface area (Å²) in [5.41, 5.74) is 1.17. The van der Waals surface area contributed by atoms with Crippen LogP contribution in [0.2, 0.25) is 0 Å². The molecule has 7 heteroatoms. The summed E-state index contributed by atoms with van der Waals surface area (Å²) >= 11 is 0. The number of nitrogens with one attached hydrogen (secondary N) is 1. The maximum atomic E-state index is 11.4. The summed E-state index contributed by atoms with van der Waals surface area (Å²) in [5.74, 6) is 0.470. The van der Waals surface area contributed by atoms with Crippen molar-refractivity contribution in [3.63, 3.8) is 0 Å². The van der Waals surface area contributed by atoms with E-state index in [0.29, 0.717) is 23.4 Å². The lowest BCUT2D eigenvalue weighted by molar-refractivity contribution is -0.121.